The number of nitrogens with one attached hydrogen (secondary N) is 2. The van der Waals surface area contributed by atoms with E-state index in [-0.39, 0.29) is 11.3 Å². The predicted molar refractivity (Wildman–Crippen MR) is 93.4 cm³/mol. The number of hydrogen-bond donors (Lipinski definition) is 2. The molecule has 1 aliphatic heterocycles. The van der Waals surface area contributed by atoms with Crippen molar-refractivity contribution < 1.29 is 4.79 Å². The number of piperidine rings is 1. The largest absolute Gasteiger partial charge is 0.355 e. The van der Waals surface area contributed by atoms with Gasteiger partial charge in [-0.25, -0.2) is 0 Å². The first-order valence-electron chi connectivity index (χ1n) is 8.40. The lowest BCUT2D eigenvalue weighted by atomic mass is 9.72. The summed E-state index contributed by atoms with van der Waals surface area (Å²) in [5.74, 6) is 0.168. The lowest BCUT2D eigenvalue weighted by Crippen LogP contribution is -2.51. The highest BCUT2D eigenvalue weighted by atomic mass is 16.2. The highest BCUT2D eigenvalue weighted by molar-refractivity contribution is 5.88. The smallest absolute Gasteiger partial charge is 0.230 e. The quantitative estimate of drug-likeness (QED) is 0.891. The number of hydrogen-bond acceptors (Lipinski definition) is 2. The molecule has 1 heterocycles. The molecule has 2 aromatic carbocycles. The van der Waals surface area contributed by atoms with E-state index < -0.39 is 0 Å². The average molecular weight is 308 g/mol. The minimum absolute atomic E-state index is 0.168. The van der Waals surface area contributed by atoms with Crippen LogP contribution in [0.2, 0.25) is 0 Å². The lowest BCUT2D eigenvalue weighted by molar-refractivity contribution is -0.127. The monoisotopic (exact) mass is 308 g/mol. The van der Waals surface area contributed by atoms with Crippen molar-refractivity contribution in [1.29, 1.82) is 0 Å². The van der Waals surface area contributed by atoms with Crippen LogP contribution in [0.1, 0.15) is 24.0 Å². The maximum atomic E-state index is 13.0. The minimum atomic E-state index is -0.386. The maximum absolute atomic E-state index is 13.0. The molecule has 0 aromatic heterocycles. The van der Waals surface area contributed by atoms with Crippen molar-refractivity contribution in [1.82, 2.24) is 10.6 Å². The molecule has 0 spiro atoms. The van der Waals surface area contributed by atoms with Gasteiger partial charge >= 0.3 is 0 Å². The van der Waals surface area contributed by atoms with Gasteiger partial charge < -0.3 is 10.6 Å². The zero-order valence-electron chi connectivity index (χ0n) is 13.4. The molecule has 0 bridgehead atoms. The number of benzene rings is 2. The number of carbonyl (C=O) groups excluding carboxylic acids is 1. The van der Waals surface area contributed by atoms with E-state index in [1.54, 1.807) is 0 Å². The first-order valence-corrected chi connectivity index (χ1v) is 8.40. The van der Waals surface area contributed by atoms with Gasteiger partial charge in [-0.15, -0.1) is 0 Å². The normalized spacial score (nSPS) is 16.7. The Balaban J connectivity index is 1.69. The zero-order valence-corrected chi connectivity index (χ0v) is 13.4. The second kappa shape index (κ2) is 7.42. The Morgan fingerprint density at radius 1 is 0.957 bits per heavy atom. The first kappa shape index (κ1) is 15.8. The van der Waals surface area contributed by atoms with Gasteiger partial charge in [0.2, 0.25) is 5.91 Å². The molecule has 3 heteroatoms. The van der Waals surface area contributed by atoms with Crippen molar-refractivity contribution in [2.75, 3.05) is 19.6 Å². The Morgan fingerprint density at radius 2 is 1.57 bits per heavy atom. The molecule has 2 aromatic rings. The summed E-state index contributed by atoms with van der Waals surface area (Å²) in [4.78, 5) is 13.0. The van der Waals surface area contributed by atoms with E-state index in [0.717, 1.165) is 37.9 Å². The van der Waals surface area contributed by atoms with E-state index in [2.05, 4.69) is 34.9 Å². The van der Waals surface area contributed by atoms with Crippen molar-refractivity contribution in [3.8, 4) is 0 Å². The van der Waals surface area contributed by atoms with Gasteiger partial charge in [0, 0.05) is 6.54 Å². The van der Waals surface area contributed by atoms with Gasteiger partial charge in [0.15, 0.2) is 0 Å². The molecule has 0 aliphatic carbocycles. The van der Waals surface area contributed by atoms with Gasteiger partial charge in [0.05, 0.1) is 5.41 Å². The molecule has 0 atom stereocenters. The standard InChI is InChI=1S/C20H24N2O/c23-19(22-14-11-17-7-3-1-4-8-17)20(12-15-21-16-13-20)18-9-5-2-6-10-18/h1-10,21H,11-16H2,(H,22,23). The lowest BCUT2D eigenvalue weighted by Gasteiger charge is -2.36. The second-order valence-electron chi connectivity index (χ2n) is 6.19. The molecule has 3 nitrogen and oxygen atoms in total. The molecule has 1 amide bonds. The molecule has 0 saturated carbocycles. The molecule has 0 unspecified atom stereocenters. The molecule has 1 saturated heterocycles. The summed E-state index contributed by atoms with van der Waals surface area (Å²) in [5, 5.41) is 6.54. The molecule has 0 radical (unpaired) electrons. The van der Waals surface area contributed by atoms with Gasteiger partial charge in [0.25, 0.3) is 0 Å². The van der Waals surface area contributed by atoms with Crippen LogP contribution in [-0.2, 0) is 16.6 Å². The van der Waals surface area contributed by atoms with E-state index >= 15 is 0 Å². The van der Waals surface area contributed by atoms with E-state index in [1.807, 2.05) is 36.4 Å². The molecule has 2 N–H and O–H groups in total. The Morgan fingerprint density at radius 3 is 2.22 bits per heavy atom. The van der Waals surface area contributed by atoms with Crippen LogP contribution in [0.3, 0.4) is 0 Å². The number of rotatable bonds is 5. The fourth-order valence-corrected chi connectivity index (χ4v) is 3.39. The van der Waals surface area contributed by atoms with Crippen LogP contribution in [-0.4, -0.2) is 25.5 Å². The molecule has 120 valence electrons. The fourth-order valence-electron chi connectivity index (χ4n) is 3.39. The summed E-state index contributed by atoms with van der Waals surface area (Å²) >= 11 is 0. The van der Waals surface area contributed by atoms with Gasteiger partial charge in [-0.1, -0.05) is 60.7 Å². The van der Waals surface area contributed by atoms with Crippen LogP contribution >= 0.6 is 0 Å². The summed E-state index contributed by atoms with van der Waals surface area (Å²) < 4.78 is 0. The molecule has 3 rings (SSSR count). The first-order chi connectivity index (χ1) is 11.3. The highest BCUT2D eigenvalue weighted by Crippen LogP contribution is 2.33. The third-order valence-corrected chi connectivity index (χ3v) is 4.76. The van der Waals surface area contributed by atoms with E-state index in [0.29, 0.717) is 6.54 Å². The predicted octanol–water partition coefficient (Wildman–Crippen LogP) is 2.67. The topological polar surface area (TPSA) is 41.1 Å². The third-order valence-electron chi connectivity index (χ3n) is 4.76. The van der Waals surface area contributed by atoms with Crippen LogP contribution < -0.4 is 10.6 Å². The minimum Gasteiger partial charge on any atom is -0.355 e. The Labute approximate surface area is 138 Å². The summed E-state index contributed by atoms with van der Waals surface area (Å²) in [6, 6.07) is 20.5. The summed E-state index contributed by atoms with van der Waals surface area (Å²) in [6.07, 6.45) is 2.58. The van der Waals surface area contributed by atoms with E-state index in [9.17, 15) is 4.79 Å². The van der Waals surface area contributed by atoms with Crippen LogP contribution in [0.5, 0.6) is 0 Å². The van der Waals surface area contributed by atoms with Crippen LogP contribution in [0.25, 0.3) is 0 Å². The van der Waals surface area contributed by atoms with Gasteiger partial charge in [-0.3, -0.25) is 4.79 Å². The molecule has 1 fully saturated rings. The van der Waals surface area contributed by atoms with E-state index in [1.165, 1.54) is 5.56 Å². The van der Waals surface area contributed by atoms with Crippen molar-refractivity contribution in [3.05, 3.63) is 71.8 Å². The van der Waals surface area contributed by atoms with E-state index in [4.69, 9.17) is 0 Å². The zero-order chi connectivity index (χ0) is 16.0. The van der Waals surface area contributed by atoms with Crippen molar-refractivity contribution >= 4 is 5.91 Å². The van der Waals surface area contributed by atoms with Crippen LogP contribution in [0, 0.1) is 0 Å². The van der Waals surface area contributed by atoms with Crippen molar-refractivity contribution in [3.63, 3.8) is 0 Å². The summed E-state index contributed by atoms with van der Waals surface area (Å²) in [5.41, 5.74) is 2.01. The SMILES string of the molecule is O=C(NCCc1ccccc1)C1(c2ccccc2)CCNCC1. The number of amides is 1. The van der Waals surface area contributed by atoms with Crippen molar-refractivity contribution in [2.24, 2.45) is 0 Å². The summed E-state index contributed by atoms with van der Waals surface area (Å²) in [7, 11) is 0. The van der Waals surface area contributed by atoms with Crippen LogP contribution in [0.4, 0.5) is 0 Å². The van der Waals surface area contributed by atoms with Crippen molar-refractivity contribution in [2.45, 2.75) is 24.7 Å². The second-order valence-corrected chi connectivity index (χ2v) is 6.19. The number of carbonyl (C=O) groups is 1. The summed E-state index contributed by atoms with van der Waals surface area (Å²) in [6.45, 7) is 2.47. The van der Waals surface area contributed by atoms with Gasteiger partial charge in [-0.2, -0.15) is 0 Å². The van der Waals surface area contributed by atoms with Gasteiger partial charge in [0.1, 0.15) is 0 Å². The molecular weight excluding hydrogens is 284 g/mol. The Bertz CT molecular complexity index is 619. The van der Waals surface area contributed by atoms with Gasteiger partial charge in [-0.05, 0) is 43.5 Å². The Kier molecular flexibility index (Phi) is 5.09. The Hall–Kier alpha value is -2.13. The highest BCUT2D eigenvalue weighted by Gasteiger charge is 2.40. The third kappa shape index (κ3) is 3.62. The fraction of sp³-hybridized carbons (Fsp3) is 0.350. The molecule has 23 heavy (non-hydrogen) atoms. The van der Waals surface area contributed by atoms with Crippen LogP contribution in [0.15, 0.2) is 60.7 Å². The average Bonchev–Trinajstić information content (AvgIpc) is 2.64. The molecular formula is C20H24N2O. The maximum Gasteiger partial charge on any atom is 0.230 e. The molecule has 1 aliphatic rings.